The van der Waals surface area contributed by atoms with Crippen LogP contribution in [0.5, 0.6) is 0 Å². The second-order valence-corrected chi connectivity index (χ2v) is 6.51. The molecule has 1 aliphatic carbocycles. The van der Waals surface area contributed by atoms with Crippen LogP contribution in [-0.4, -0.2) is 46.3 Å². The summed E-state index contributed by atoms with van der Waals surface area (Å²) in [5.41, 5.74) is 1.56. The Kier molecular flexibility index (Phi) is 4.40. The molecule has 0 radical (unpaired) electrons. The lowest BCUT2D eigenvalue weighted by molar-refractivity contribution is -0.0394. The zero-order valence-electron chi connectivity index (χ0n) is 13.3. The third-order valence-corrected chi connectivity index (χ3v) is 4.87. The largest absolute Gasteiger partial charge is 0.367 e. The molecule has 2 aliphatic rings. The molecule has 1 aliphatic heterocycles. The minimum absolute atomic E-state index is 0.00637. The van der Waals surface area contributed by atoms with Crippen LogP contribution in [0.1, 0.15) is 44.4 Å². The summed E-state index contributed by atoms with van der Waals surface area (Å²) in [7, 11) is 0. The van der Waals surface area contributed by atoms with Gasteiger partial charge in [0, 0.05) is 19.6 Å². The van der Waals surface area contributed by atoms with Gasteiger partial charge in [-0.15, -0.1) is 0 Å². The molecule has 1 aromatic heterocycles. The molecule has 1 aromatic rings. The molecule has 3 atom stereocenters. The van der Waals surface area contributed by atoms with Crippen LogP contribution in [0.3, 0.4) is 0 Å². The first kappa shape index (κ1) is 14.7. The van der Waals surface area contributed by atoms with Gasteiger partial charge in [-0.3, -0.25) is 10.00 Å². The smallest absolute Gasteiger partial charge is 0.180 e. The van der Waals surface area contributed by atoms with E-state index in [0.717, 1.165) is 43.8 Å². The molecule has 1 saturated heterocycles. The van der Waals surface area contributed by atoms with Gasteiger partial charge in [0.05, 0.1) is 6.61 Å². The van der Waals surface area contributed by atoms with Gasteiger partial charge in [-0.1, -0.05) is 18.6 Å². The van der Waals surface area contributed by atoms with Gasteiger partial charge in [0.25, 0.3) is 0 Å². The lowest BCUT2D eigenvalue weighted by atomic mass is 9.79. The van der Waals surface area contributed by atoms with Crippen molar-refractivity contribution in [2.75, 3.05) is 26.2 Å². The number of ether oxygens (including phenoxy) is 1. The highest BCUT2D eigenvalue weighted by molar-refractivity contribution is 5.09. The van der Waals surface area contributed by atoms with Crippen LogP contribution in [0.25, 0.3) is 0 Å². The molecule has 0 aromatic carbocycles. The number of aryl methyl sites for hydroxylation is 1. The highest BCUT2D eigenvalue weighted by atomic mass is 16.5. The number of morpholine rings is 1. The number of allylic oxidation sites excluding steroid dienone is 1. The van der Waals surface area contributed by atoms with E-state index in [0.29, 0.717) is 5.92 Å². The van der Waals surface area contributed by atoms with Crippen LogP contribution >= 0.6 is 0 Å². The van der Waals surface area contributed by atoms with Gasteiger partial charge in [-0.05, 0) is 38.5 Å². The zero-order chi connectivity index (χ0) is 14.8. The number of aromatic amines is 1. The molecule has 5 heteroatoms. The third-order valence-electron chi connectivity index (χ3n) is 4.87. The highest BCUT2D eigenvalue weighted by Gasteiger charge is 2.29. The van der Waals surface area contributed by atoms with Gasteiger partial charge in [0.2, 0.25) is 0 Å². The van der Waals surface area contributed by atoms with Crippen LogP contribution in [0.2, 0.25) is 0 Å². The first-order valence-corrected chi connectivity index (χ1v) is 8.03. The number of hydrogen-bond acceptors (Lipinski definition) is 4. The molecule has 0 spiro atoms. The molecular formula is C16H26N4O. The lowest BCUT2D eigenvalue weighted by Gasteiger charge is -2.37. The van der Waals surface area contributed by atoms with Crippen LogP contribution in [0.4, 0.5) is 0 Å². The summed E-state index contributed by atoms with van der Waals surface area (Å²) in [6.45, 7) is 10.4. The monoisotopic (exact) mass is 290 g/mol. The fourth-order valence-corrected chi connectivity index (χ4v) is 3.51. The van der Waals surface area contributed by atoms with Crippen molar-refractivity contribution in [3.05, 3.63) is 23.3 Å². The van der Waals surface area contributed by atoms with E-state index < -0.39 is 0 Å². The number of hydrogen-bond donors (Lipinski definition) is 1. The Balaban J connectivity index is 1.63. The maximum Gasteiger partial charge on any atom is 0.180 e. The maximum absolute atomic E-state index is 5.85. The van der Waals surface area contributed by atoms with Crippen LogP contribution in [-0.2, 0) is 4.74 Å². The van der Waals surface area contributed by atoms with E-state index in [1.165, 1.54) is 12.8 Å². The Labute approximate surface area is 126 Å². The Morgan fingerprint density at radius 3 is 3.00 bits per heavy atom. The van der Waals surface area contributed by atoms with Gasteiger partial charge in [-0.25, -0.2) is 4.98 Å². The Morgan fingerprint density at radius 1 is 1.43 bits per heavy atom. The predicted octanol–water partition coefficient (Wildman–Crippen LogP) is 2.48. The van der Waals surface area contributed by atoms with Gasteiger partial charge in [-0.2, -0.15) is 5.10 Å². The van der Waals surface area contributed by atoms with Crippen LogP contribution < -0.4 is 0 Å². The summed E-state index contributed by atoms with van der Waals surface area (Å²) in [5.74, 6) is 3.11. The van der Waals surface area contributed by atoms with Gasteiger partial charge in [0.15, 0.2) is 5.82 Å². The normalized spacial score (nSPS) is 31.2. The summed E-state index contributed by atoms with van der Waals surface area (Å²) in [4.78, 5) is 6.93. The van der Waals surface area contributed by atoms with E-state index in [9.17, 15) is 0 Å². The third kappa shape index (κ3) is 3.35. The second kappa shape index (κ2) is 6.28. The summed E-state index contributed by atoms with van der Waals surface area (Å²) < 4.78 is 5.85. The Bertz CT molecular complexity index is 510. The quantitative estimate of drug-likeness (QED) is 0.869. The van der Waals surface area contributed by atoms with E-state index >= 15 is 0 Å². The standard InChI is InChI=1S/C16H26N4O/c1-11-5-4-6-12(2)14(11)9-20-7-8-21-15(10-20)16-17-13(3)18-19-16/h5,12,14-15H,4,6-10H2,1-3H3,(H,17,18,19). The van der Waals surface area contributed by atoms with Gasteiger partial charge >= 0.3 is 0 Å². The number of nitrogens with one attached hydrogen (secondary N) is 1. The molecule has 21 heavy (non-hydrogen) atoms. The van der Waals surface area contributed by atoms with E-state index in [4.69, 9.17) is 4.74 Å². The first-order chi connectivity index (χ1) is 10.1. The molecule has 0 amide bonds. The molecule has 3 rings (SSSR count). The van der Waals surface area contributed by atoms with Crippen molar-refractivity contribution in [2.45, 2.75) is 39.7 Å². The SMILES string of the molecule is CC1=CCCC(C)C1CN1CCOC(c2n[nH]c(C)n2)C1. The van der Waals surface area contributed by atoms with Gasteiger partial charge in [0.1, 0.15) is 11.9 Å². The van der Waals surface area contributed by atoms with Crippen LogP contribution in [0, 0.1) is 18.8 Å². The Hall–Kier alpha value is -1.20. The summed E-state index contributed by atoms with van der Waals surface area (Å²) in [6.07, 6.45) is 4.98. The van der Waals surface area contributed by atoms with Crippen molar-refractivity contribution in [1.82, 2.24) is 20.1 Å². The van der Waals surface area contributed by atoms with E-state index in [2.05, 4.69) is 40.0 Å². The van der Waals surface area contributed by atoms with Crippen LogP contribution in [0.15, 0.2) is 11.6 Å². The highest BCUT2D eigenvalue weighted by Crippen LogP contribution is 2.31. The molecule has 0 bridgehead atoms. The first-order valence-electron chi connectivity index (χ1n) is 8.03. The molecule has 5 nitrogen and oxygen atoms in total. The van der Waals surface area contributed by atoms with E-state index in [-0.39, 0.29) is 6.10 Å². The van der Waals surface area contributed by atoms with Gasteiger partial charge < -0.3 is 4.74 Å². The molecule has 2 heterocycles. The van der Waals surface area contributed by atoms with E-state index in [1.807, 2.05) is 6.92 Å². The average molecular weight is 290 g/mol. The molecule has 1 N–H and O–H groups in total. The van der Waals surface area contributed by atoms with Crippen molar-refractivity contribution in [3.63, 3.8) is 0 Å². The number of H-pyrrole nitrogens is 1. The maximum atomic E-state index is 5.85. The molecular weight excluding hydrogens is 264 g/mol. The number of aromatic nitrogens is 3. The Morgan fingerprint density at radius 2 is 2.29 bits per heavy atom. The number of rotatable bonds is 3. The second-order valence-electron chi connectivity index (χ2n) is 6.51. The topological polar surface area (TPSA) is 54.0 Å². The summed E-state index contributed by atoms with van der Waals surface area (Å²) >= 11 is 0. The minimum atomic E-state index is 0.00637. The lowest BCUT2D eigenvalue weighted by Crippen LogP contribution is -2.42. The van der Waals surface area contributed by atoms with Crippen molar-refractivity contribution in [3.8, 4) is 0 Å². The summed E-state index contributed by atoms with van der Waals surface area (Å²) in [5, 5.41) is 7.16. The molecule has 0 saturated carbocycles. The molecule has 3 unspecified atom stereocenters. The zero-order valence-corrected chi connectivity index (χ0v) is 13.3. The predicted molar refractivity (Wildman–Crippen MR) is 81.9 cm³/mol. The van der Waals surface area contributed by atoms with Crippen molar-refractivity contribution < 1.29 is 4.74 Å². The van der Waals surface area contributed by atoms with Crippen molar-refractivity contribution in [2.24, 2.45) is 11.8 Å². The average Bonchev–Trinajstić information content (AvgIpc) is 2.90. The van der Waals surface area contributed by atoms with E-state index in [1.54, 1.807) is 5.57 Å². The fourth-order valence-electron chi connectivity index (χ4n) is 3.51. The van der Waals surface area contributed by atoms with Crippen molar-refractivity contribution in [1.29, 1.82) is 0 Å². The fraction of sp³-hybridized carbons (Fsp3) is 0.750. The minimum Gasteiger partial charge on any atom is -0.367 e. The van der Waals surface area contributed by atoms with Crippen molar-refractivity contribution >= 4 is 0 Å². The molecule has 1 fully saturated rings. The molecule has 116 valence electrons. The summed E-state index contributed by atoms with van der Waals surface area (Å²) in [6, 6.07) is 0. The number of nitrogens with zero attached hydrogens (tertiary/aromatic N) is 3.